The van der Waals surface area contributed by atoms with Gasteiger partial charge in [-0.2, -0.15) is 4.31 Å². The second-order valence-electron chi connectivity index (χ2n) is 8.31. The molecule has 0 saturated carbocycles. The molecule has 1 heterocycles. The number of ether oxygens (including phenoxy) is 1. The number of rotatable bonds is 5. The van der Waals surface area contributed by atoms with Crippen molar-refractivity contribution in [3.05, 3.63) is 48.3 Å². The number of halogens is 1. The number of nitrogens with zero attached hydrogens (tertiary/aromatic N) is 2. The molecule has 32 heavy (non-hydrogen) atoms. The van der Waals surface area contributed by atoms with E-state index in [1.807, 2.05) is 6.92 Å². The Morgan fingerprint density at radius 2 is 1.88 bits per heavy atom. The minimum Gasteiger partial charge on any atom is -0.487 e. The minimum atomic E-state index is -3.95. The zero-order chi connectivity index (χ0) is 23.6. The van der Waals surface area contributed by atoms with Crippen LogP contribution in [0.25, 0.3) is 11.1 Å². The van der Waals surface area contributed by atoms with E-state index in [1.54, 1.807) is 38.2 Å². The number of amides is 1. The molecule has 2 aromatic carbocycles. The molecule has 0 radical (unpaired) electrons. The Kier molecular flexibility index (Phi) is 7.22. The summed E-state index contributed by atoms with van der Waals surface area (Å²) in [6.45, 7) is 5.06. The summed E-state index contributed by atoms with van der Waals surface area (Å²) in [6.07, 6.45) is -0.477. The summed E-state index contributed by atoms with van der Waals surface area (Å²) < 4.78 is 47.8. The van der Waals surface area contributed by atoms with Crippen molar-refractivity contribution in [3.63, 3.8) is 0 Å². The van der Waals surface area contributed by atoms with Gasteiger partial charge >= 0.3 is 0 Å². The number of carbonyl (C=O) groups excluding carboxylic acids is 1. The molecule has 3 rings (SSSR count). The third kappa shape index (κ3) is 4.95. The Balaban J connectivity index is 2.13. The minimum absolute atomic E-state index is 0.00830. The summed E-state index contributed by atoms with van der Waals surface area (Å²) in [4.78, 5) is 13.3. The number of sulfonamides is 1. The van der Waals surface area contributed by atoms with Crippen LogP contribution in [-0.2, 0) is 14.8 Å². The van der Waals surface area contributed by atoms with Crippen molar-refractivity contribution < 1.29 is 27.4 Å². The molecule has 0 aliphatic carbocycles. The second kappa shape index (κ2) is 9.56. The van der Waals surface area contributed by atoms with Gasteiger partial charge in [0.2, 0.25) is 15.9 Å². The van der Waals surface area contributed by atoms with Crippen molar-refractivity contribution in [2.45, 2.75) is 37.8 Å². The second-order valence-corrected chi connectivity index (χ2v) is 10.2. The lowest BCUT2D eigenvalue weighted by Gasteiger charge is -2.37. The van der Waals surface area contributed by atoms with Crippen LogP contribution in [0.15, 0.2) is 47.4 Å². The van der Waals surface area contributed by atoms with Gasteiger partial charge in [-0.3, -0.25) is 4.79 Å². The molecule has 9 heteroatoms. The molecule has 0 aromatic heterocycles. The molecule has 0 spiro atoms. The smallest absolute Gasteiger partial charge is 0.247 e. The van der Waals surface area contributed by atoms with Crippen LogP contribution in [0.5, 0.6) is 5.75 Å². The fraction of sp³-hybridized carbons (Fsp3) is 0.435. The average Bonchev–Trinajstić information content (AvgIpc) is 2.75. The Morgan fingerprint density at radius 3 is 2.47 bits per heavy atom. The lowest BCUT2D eigenvalue weighted by Crippen LogP contribution is -2.50. The van der Waals surface area contributed by atoms with Crippen LogP contribution in [0.1, 0.15) is 20.8 Å². The highest BCUT2D eigenvalue weighted by Gasteiger charge is 2.38. The number of aliphatic hydroxyl groups excluding tert-OH is 1. The van der Waals surface area contributed by atoms with E-state index in [2.05, 4.69) is 0 Å². The van der Waals surface area contributed by atoms with E-state index in [-0.39, 0.29) is 48.0 Å². The van der Waals surface area contributed by atoms with Crippen LogP contribution < -0.4 is 4.74 Å². The largest absolute Gasteiger partial charge is 0.487 e. The molecule has 0 bridgehead atoms. The molecule has 1 amide bonds. The van der Waals surface area contributed by atoms with Gasteiger partial charge in [-0.15, -0.1) is 0 Å². The Labute approximate surface area is 188 Å². The predicted molar refractivity (Wildman–Crippen MR) is 119 cm³/mol. The average molecular weight is 465 g/mol. The van der Waals surface area contributed by atoms with Crippen LogP contribution >= 0.6 is 0 Å². The standard InChI is InChI=1S/C23H29FN2O5S/c1-15-12-26(16(2)14-27)32(29,30)23-10-7-19(18-5-8-20(24)9-6-18)11-21(23)31-22(15)13-25(4)17(3)28/h5-11,15-16,22,27H,12-14H2,1-4H3/t15-,16+,22-/m0/s1. The maximum atomic E-state index is 13.5. The zero-order valence-electron chi connectivity index (χ0n) is 18.7. The van der Waals surface area contributed by atoms with Gasteiger partial charge < -0.3 is 14.7 Å². The normalized spacial score (nSPS) is 21.6. The first-order valence-corrected chi connectivity index (χ1v) is 11.9. The summed E-state index contributed by atoms with van der Waals surface area (Å²) in [5.74, 6) is -0.594. The van der Waals surface area contributed by atoms with Gasteiger partial charge in [0.15, 0.2) is 0 Å². The van der Waals surface area contributed by atoms with E-state index in [9.17, 15) is 22.7 Å². The maximum Gasteiger partial charge on any atom is 0.247 e. The molecule has 1 N–H and O–H groups in total. The van der Waals surface area contributed by atoms with Crippen molar-refractivity contribution in [3.8, 4) is 16.9 Å². The van der Waals surface area contributed by atoms with E-state index < -0.39 is 22.2 Å². The molecule has 7 nitrogen and oxygen atoms in total. The van der Waals surface area contributed by atoms with Crippen LogP contribution in [0.2, 0.25) is 0 Å². The number of hydrogen-bond donors (Lipinski definition) is 1. The van der Waals surface area contributed by atoms with Gasteiger partial charge in [-0.05, 0) is 42.3 Å². The topological polar surface area (TPSA) is 87.2 Å². The maximum absolute atomic E-state index is 13.5. The van der Waals surface area contributed by atoms with Crippen LogP contribution in [0, 0.1) is 11.7 Å². The molecule has 0 fully saturated rings. The van der Waals surface area contributed by atoms with Crippen molar-refractivity contribution in [2.24, 2.45) is 5.92 Å². The van der Waals surface area contributed by atoms with E-state index in [1.165, 1.54) is 34.3 Å². The van der Waals surface area contributed by atoms with Gasteiger partial charge in [0, 0.05) is 32.5 Å². The summed E-state index contributed by atoms with van der Waals surface area (Å²) in [5.41, 5.74) is 1.39. The molecule has 1 aliphatic heterocycles. The SMILES string of the molecule is CC(=O)N(C)C[C@@H]1Oc2cc(-c3ccc(F)cc3)ccc2S(=O)(=O)N([C@H](C)CO)C[C@@H]1C. The first kappa shape index (κ1) is 24.2. The van der Waals surface area contributed by atoms with Crippen LogP contribution in [-0.4, -0.2) is 67.5 Å². The quantitative estimate of drug-likeness (QED) is 0.735. The van der Waals surface area contributed by atoms with Crippen molar-refractivity contribution in [1.29, 1.82) is 0 Å². The number of carbonyl (C=O) groups is 1. The van der Waals surface area contributed by atoms with E-state index in [4.69, 9.17) is 4.74 Å². The summed E-state index contributed by atoms with van der Waals surface area (Å²) in [5, 5.41) is 9.69. The lowest BCUT2D eigenvalue weighted by atomic mass is 10.0. The third-order valence-corrected chi connectivity index (χ3v) is 7.86. The summed E-state index contributed by atoms with van der Waals surface area (Å²) >= 11 is 0. The third-order valence-electron chi connectivity index (χ3n) is 5.84. The fourth-order valence-corrected chi connectivity index (χ4v) is 5.49. The molecule has 0 saturated heterocycles. The van der Waals surface area contributed by atoms with Gasteiger partial charge in [0.05, 0.1) is 13.2 Å². The Bertz CT molecular complexity index is 1070. The van der Waals surface area contributed by atoms with E-state index in [0.717, 1.165) is 0 Å². The Hall–Kier alpha value is -2.49. The number of likely N-dealkylation sites (N-methyl/N-ethyl adjacent to an activating group) is 1. The first-order chi connectivity index (χ1) is 15.0. The van der Waals surface area contributed by atoms with Crippen molar-refractivity contribution in [2.75, 3.05) is 26.7 Å². The van der Waals surface area contributed by atoms with Gasteiger partial charge in [0.25, 0.3) is 0 Å². The van der Waals surface area contributed by atoms with Gasteiger partial charge in [0.1, 0.15) is 22.6 Å². The molecule has 174 valence electrons. The van der Waals surface area contributed by atoms with Crippen LogP contribution in [0.3, 0.4) is 0 Å². The van der Waals surface area contributed by atoms with Gasteiger partial charge in [-0.25, -0.2) is 12.8 Å². The molecule has 0 unspecified atom stereocenters. The lowest BCUT2D eigenvalue weighted by molar-refractivity contribution is -0.129. The molecule has 3 atom stereocenters. The number of fused-ring (bicyclic) bond motifs is 1. The van der Waals surface area contributed by atoms with Crippen molar-refractivity contribution >= 4 is 15.9 Å². The molecular formula is C23H29FN2O5S. The molecular weight excluding hydrogens is 435 g/mol. The number of hydrogen-bond acceptors (Lipinski definition) is 5. The monoisotopic (exact) mass is 464 g/mol. The number of aliphatic hydroxyl groups is 1. The molecule has 1 aliphatic rings. The van der Waals surface area contributed by atoms with Crippen molar-refractivity contribution in [1.82, 2.24) is 9.21 Å². The highest BCUT2D eigenvalue weighted by atomic mass is 32.2. The predicted octanol–water partition coefficient (Wildman–Crippen LogP) is 2.74. The highest BCUT2D eigenvalue weighted by molar-refractivity contribution is 7.89. The van der Waals surface area contributed by atoms with E-state index >= 15 is 0 Å². The molecule has 2 aromatic rings. The Morgan fingerprint density at radius 1 is 1.25 bits per heavy atom. The summed E-state index contributed by atoms with van der Waals surface area (Å²) in [6, 6.07) is 10.0. The summed E-state index contributed by atoms with van der Waals surface area (Å²) in [7, 11) is -2.29. The number of benzene rings is 2. The van der Waals surface area contributed by atoms with Gasteiger partial charge in [-0.1, -0.05) is 25.1 Å². The fourth-order valence-electron chi connectivity index (χ4n) is 3.66. The van der Waals surface area contributed by atoms with Crippen LogP contribution in [0.4, 0.5) is 4.39 Å². The van der Waals surface area contributed by atoms with E-state index in [0.29, 0.717) is 11.1 Å². The zero-order valence-corrected chi connectivity index (χ0v) is 19.5. The first-order valence-electron chi connectivity index (χ1n) is 10.5. The highest BCUT2D eigenvalue weighted by Crippen LogP contribution is 2.36.